The van der Waals surface area contributed by atoms with Gasteiger partial charge in [0.15, 0.2) is 0 Å². The number of hydrogen-bond acceptors (Lipinski definition) is 4. The molecule has 0 bridgehead atoms. The molecule has 0 aliphatic heterocycles. The van der Waals surface area contributed by atoms with Crippen molar-refractivity contribution in [2.24, 2.45) is 0 Å². The molecule has 0 atom stereocenters. The molecule has 4 nitrogen and oxygen atoms in total. The molecule has 0 aliphatic rings. The number of aryl methyl sites for hydroxylation is 2. The van der Waals surface area contributed by atoms with Crippen LogP contribution in [-0.4, -0.2) is 23.3 Å². The summed E-state index contributed by atoms with van der Waals surface area (Å²) >= 11 is 1.43. The first-order chi connectivity index (χ1) is 11.6. The first-order valence-electron chi connectivity index (χ1n) is 7.82. The van der Waals surface area contributed by atoms with Crippen molar-refractivity contribution in [1.82, 2.24) is 9.55 Å². The fourth-order valence-electron chi connectivity index (χ4n) is 2.88. The second-order valence-corrected chi connectivity index (χ2v) is 6.42. The number of halogens is 1. The predicted molar refractivity (Wildman–Crippen MR) is 96.0 cm³/mol. The first-order valence-corrected chi connectivity index (χ1v) is 8.70. The Balaban J connectivity index is 2.34. The van der Waals surface area contributed by atoms with E-state index < -0.39 is 6.67 Å². The van der Waals surface area contributed by atoms with E-state index in [4.69, 9.17) is 4.74 Å². The normalized spacial score (nSPS) is 11.2. The van der Waals surface area contributed by atoms with E-state index in [0.717, 1.165) is 16.7 Å². The van der Waals surface area contributed by atoms with Gasteiger partial charge >= 0.3 is 0 Å². The quantitative estimate of drug-likeness (QED) is 0.702. The molecule has 0 N–H and O–H groups in total. The lowest BCUT2D eigenvalue weighted by molar-refractivity contribution is 0.416. The van der Waals surface area contributed by atoms with Crippen molar-refractivity contribution < 1.29 is 9.13 Å². The van der Waals surface area contributed by atoms with Gasteiger partial charge in [0, 0.05) is 22.9 Å². The molecule has 126 valence electrons. The molecule has 0 radical (unpaired) electrons. The monoisotopic (exact) mass is 346 g/mol. The maximum Gasteiger partial charge on any atom is 0.262 e. The van der Waals surface area contributed by atoms with Gasteiger partial charge in [-0.2, -0.15) is 0 Å². The van der Waals surface area contributed by atoms with Crippen LogP contribution >= 0.6 is 11.3 Å². The highest BCUT2D eigenvalue weighted by Gasteiger charge is 2.18. The molecule has 0 saturated carbocycles. The van der Waals surface area contributed by atoms with E-state index >= 15 is 0 Å². The Labute approximate surface area is 143 Å². The lowest BCUT2D eigenvalue weighted by atomic mass is 10.0. The third-order valence-corrected chi connectivity index (χ3v) is 4.91. The van der Waals surface area contributed by atoms with Crippen molar-refractivity contribution in [2.75, 3.05) is 13.8 Å². The lowest BCUT2D eigenvalue weighted by Gasteiger charge is -2.11. The number of benzene rings is 1. The van der Waals surface area contributed by atoms with E-state index in [1.165, 1.54) is 15.9 Å². The third-order valence-electron chi connectivity index (χ3n) is 4.04. The molecule has 0 aliphatic carbocycles. The zero-order chi connectivity index (χ0) is 17.3. The zero-order valence-electron chi connectivity index (χ0n) is 13.9. The molecule has 0 spiro atoms. The summed E-state index contributed by atoms with van der Waals surface area (Å²) in [5.41, 5.74) is 2.55. The SMILES string of the molecule is CCc1nc2scc(-c3cc(C)ccc3OC)c2c(=O)n1CCF. The summed E-state index contributed by atoms with van der Waals surface area (Å²) in [7, 11) is 1.61. The molecule has 0 amide bonds. The van der Waals surface area contributed by atoms with Crippen LogP contribution < -0.4 is 10.3 Å². The van der Waals surface area contributed by atoms with Crippen molar-refractivity contribution in [3.05, 3.63) is 45.3 Å². The van der Waals surface area contributed by atoms with Crippen LogP contribution in [0.3, 0.4) is 0 Å². The Morgan fingerprint density at radius 1 is 1.33 bits per heavy atom. The van der Waals surface area contributed by atoms with E-state index in [2.05, 4.69) is 4.98 Å². The number of alkyl halides is 1. The smallest absolute Gasteiger partial charge is 0.262 e. The van der Waals surface area contributed by atoms with E-state index in [1.54, 1.807) is 7.11 Å². The van der Waals surface area contributed by atoms with Crippen LogP contribution in [-0.2, 0) is 13.0 Å². The van der Waals surface area contributed by atoms with Gasteiger partial charge in [0.2, 0.25) is 0 Å². The van der Waals surface area contributed by atoms with Gasteiger partial charge < -0.3 is 4.74 Å². The molecule has 2 aromatic heterocycles. The van der Waals surface area contributed by atoms with E-state index in [1.807, 2.05) is 37.4 Å². The topological polar surface area (TPSA) is 44.1 Å². The summed E-state index contributed by atoms with van der Waals surface area (Å²) in [5.74, 6) is 1.33. The van der Waals surface area contributed by atoms with Gasteiger partial charge in [0.05, 0.1) is 19.0 Å². The number of aromatic nitrogens is 2. The van der Waals surface area contributed by atoms with Crippen molar-refractivity contribution >= 4 is 21.6 Å². The van der Waals surface area contributed by atoms with Crippen molar-refractivity contribution in [1.29, 1.82) is 0 Å². The first kappa shape index (κ1) is 16.6. The molecule has 6 heteroatoms. The van der Waals surface area contributed by atoms with Gasteiger partial charge in [-0.3, -0.25) is 9.36 Å². The van der Waals surface area contributed by atoms with Crippen LogP contribution in [0.1, 0.15) is 18.3 Å². The number of ether oxygens (including phenoxy) is 1. The summed E-state index contributed by atoms with van der Waals surface area (Å²) in [4.78, 5) is 18.2. The number of fused-ring (bicyclic) bond motifs is 1. The van der Waals surface area contributed by atoms with Crippen molar-refractivity contribution in [3.63, 3.8) is 0 Å². The number of nitrogens with zero attached hydrogens (tertiary/aromatic N) is 2. The minimum absolute atomic E-state index is 0.0329. The standard InChI is InChI=1S/C18H19FN2O2S/c1-4-15-20-17-16(18(22)21(15)8-7-19)13(10-24-17)12-9-11(2)5-6-14(12)23-3/h5-6,9-10H,4,7-8H2,1-3H3. The molecule has 1 aromatic carbocycles. The molecule has 3 aromatic rings. The second-order valence-electron chi connectivity index (χ2n) is 5.56. The minimum Gasteiger partial charge on any atom is -0.496 e. The summed E-state index contributed by atoms with van der Waals surface area (Å²) < 4.78 is 19.8. The Morgan fingerprint density at radius 3 is 2.79 bits per heavy atom. The molecule has 0 fully saturated rings. The van der Waals surface area contributed by atoms with Crippen LogP contribution in [0.25, 0.3) is 21.3 Å². The van der Waals surface area contributed by atoms with Gasteiger partial charge in [-0.1, -0.05) is 18.6 Å². The highest BCUT2D eigenvalue weighted by Crippen LogP contribution is 2.37. The summed E-state index contributed by atoms with van der Waals surface area (Å²) in [6.45, 7) is 3.35. The molecular weight excluding hydrogens is 327 g/mol. The predicted octanol–water partition coefficient (Wildman–Crippen LogP) is 3.97. The van der Waals surface area contributed by atoms with Crippen molar-refractivity contribution in [3.8, 4) is 16.9 Å². The van der Waals surface area contributed by atoms with E-state index in [0.29, 0.717) is 28.2 Å². The molecular formula is C18H19FN2O2S. The fraction of sp³-hybridized carbons (Fsp3) is 0.333. The number of methoxy groups -OCH3 is 1. The maximum absolute atomic E-state index is 13.0. The third kappa shape index (κ3) is 2.71. The Morgan fingerprint density at radius 2 is 2.12 bits per heavy atom. The van der Waals surface area contributed by atoms with Crippen LogP contribution in [0.5, 0.6) is 5.75 Å². The number of thiophene rings is 1. The van der Waals surface area contributed by atoms with Gasteiger partial charge in [-0.05, 0) is 19.1 Å². The van der Waals surface area contributed by atoms with E-state index in [-0.39, 0.29) is 12.1 Å². The Bertz CT molecular complexity index is 946. The van der Waals surface area contributed by atoms with Crippen molar-refractivity contribution in [2.45, 2.75) is 26.8 Å². The Kier molecular flexibility index (Phi) is 4.66. The average Bonchev–Trinajstić information content (AvgIpc) is 3.01. The van der Waals surface area contributed by atoms with Crippen LogP contribution in [0, 0.1) is 6.92 Å². The largest absolute Gasteiger partial charge is 0.496 e. The summed E-state index contributed by atoms with van der Waals surface area (Å²) in [6, 6.07) is 5.85. The Hall–Kier alpha value is -2.21. The highest BCUT2D eigenvalue weighted by atomic mass is 32.1. The minimum atomic E-state index is -0.590. The summed E-state index contributed by atoms with van der Waals surface area (Å²) in [6.07, 6.45) is 0.589. The summed E-state index contributed by atoms with van der Waals surface area (Å²) in [5, 5.41) is 2.46. The molecule has 2 heterocycles. The number of hydrogen-bond donors (Lipinski definition) is 0. The van der Waals surface area contributed by atoms with Crippen LogP contribution in [0.4, 0.5) is 4.39 Å². The second kappa shape index (κ2) is 6.73. The van der Waals surface area contributed by atoms with Gasteiger partial charge in [0.1, 0.15) is 23.1 Å². The molecule has 0 unspecified atom stereocenters. The van der Waals surface area contributed by atoms with E-state index in [9.17, 15) is 9.18 Å². The average molecular weight is 346 g/mol. The molecule has 0 saturated heterocycles. The molecule has 24 heavy (non-hydrogen) atoms. The highest BCUT2D eigenvalue weighted by molar-refractivity contribution is 7.17. The van der Waals surface area contributed by atoms with Gasteiger partial charge in [0.25, 0.3) is 5.56 Å². The number of rotatable bonds is 5. The van der Waals surface area contributed by atoms with Crippen LogP contribution in [0.2, 0.25) is 0 Å². The lowest BCUT2D eigenvalue weighted by Crippen LogP contribution is -2.25. The van der Waals surface area contributed by atoms with Gasteiger partial charge in [-0.15, -0.1) is 11.3 Å². The fourth-order valence-corrected chi connectivity index (χ4v) is 3.83. The molecule has 3 rings (SSSR count). The maximum atomic E-state index is 13.0. The van der Waals surface area contributed by atoms with Gasteiger partial charge in [-0.25, -0.2) is 9.37 Å². The van der Waals surface area contributed by atoms with Crippen LogP contribution in [0.15, 0.2) is 28.4 Å². The zero-order valence-corrected chi connectivity index (χ0v) is 14.7.